The Bertz CT molecular complexity index is 621. The average molecular weight is 330 g/mol. The van der Waals surface area contributed by atoms with Crippen LogP contribution in [0.15, 0.2) is 29.6 Å². The van der Waals surface area contributed by atoms with Crippen molar-refractivity contribution in [2.75, 3.05) is 18.4 Å². The van der Waals surface area contributed by atoms with Crippen LogP contribution in [0.3, 0.4) is 0 Å². The fourth-order valence-corrected chi connectivity index (χ4v) is 3.52. The first-order valence-corrected chi connectivity index (χ1v) is 8.94. The van der Waals surface area contributed by atoms with Crippen molar-refractivity contribution in [1.29, 1.82) is 0 Å². The molecule has 1 aliphatic heterocycles. The van der Waals surface area contributed by atoms with E-state index >= 15 is 0 Å². The standard InChI is InChI=1S/C17H22N4OS/c1-12(14-3-2-8-18-10-14)9-17(22)19-15-6-4-13(5-7-15)16-11-23-21-20-16/h4-7,11-12,14,18H,2-3,8-10H2,1H3,(H,19,22)/t12-,14+/m0/s1. The number of hydrogen-bond acceptors (Lipinski definition) is 5. The fourth-order valence-electron chi connectivity index (χ4n) is 3.05. The number of anilines is 1. The van der Waals surface area contributed by atoms with E-state index in [1.807, 2.05) is 29.6 Å². The monoisotopic (exact) mass is 330 g/mol. The molecule has 5 nitrogen and oxygen atoms in total. The number of nitrogens with zero attached hydrogens (tertiary/aromatic N) is 2. The molecule has 6 heteroatoms. The summed E-state index contributed by atoms with van der Waals surface area (Å²) >= 11 is 1.33. The van der Waals surface area contributed by atoms with Crippen LogP contribution in [0.1, 0.15) is 26.2 Å². The van der Waals surface area contributed by atoms with Crippen LogP contribution in [0.25, 0.3) is 11.3 Å². The van der Waals surface area contributed by atoms with Gasteiger partial charge in [-0.05, 0) is 61.4 Å². The maximum atomic E-state index is 12.2. The number of aromatic nitrogens is 2. The summed E-state index contributed by atoms with van der Waals surface area (Å²) in [7, 11) is 0. The van der Waals surface area contributed by atoms with Crippen LogP contribution >= 0.6 is 11.5 Å². The SMILES string of the molecule is C[C@@H](CC(=O)Nc1ccc(-c2csnn2)cc1)[C@@H]1CCCNC1. The lowest BCUT2D eigenvalue weighted by molar-refractivity contribution is -0.117. The van der Waals surface area contributed by atoms with Gasteiger partial charge in [0, 0.05) is 23.1 Å². The van der Waals surface area contributed by atoms with Crippen LogP contribution in [0, 0.1) is 11.8 Å². The van der Waals surface area contributed by atoms with Gasteiger partial charge < -0.3 is 10.6 Å². The molecule has 2 atom stereocenters. The summed E-state index contributed by atoms with van der Waals surface area (Å²) in [6.07, 6.45) is 3.01. The summed E-state index contributed by atoms with van der Waals surface area (Å²) < 4.78 is 3.86. The molecule has 1 amide bonds. The highest BCUT2D eigenvalue weighted by Crippen LogP contribution is 2.24. The molecule has 0 aliphatic carbocycles. The minimum absolute atomic E-state index is 0.0890. The van der Waals surface area contributed by atoms with Crippen LogP contribution in [0.2, 0.25) is 0 Å². The zero-order chi connectivity index (χ0) is 16.1. The number of carbonyl (C=O) groups excluding carboxylic acids is 1. The first-order chi connectivity index (χ1) is 11.2. The lowest BCUT2D eigenvalue weighted by atomic mass is 9.85. The molecule has 2 heterocycles. The number of piperidine rings is 1. The van der Waals surface area contributed by atoms with Gasteiger partial charge in [-0.3, -0.25) is 4.79 Å². The van der Waals surface area contributed by atoms with E-state index in [-0.39, 0.29) is 5.91 Å². The molecule has 1 aliphatic rings. The summed E-state index contributed by atoms with van der Waals surface area (Å²) in [6, 6.07) is 7.75. The van der Waals surface area contributed by atoms with E-state index in [0.717, 1.165) is 30.0 Å². The summed E-state index contributed by atoms with van der Waals surface area (Å²) in [5, 5.41) is 12.4. The van der Waals surface area contributed by atoms with E-state index in [2.05, 4.69) is 27.1 Å². The Kier molecular flexibility index (Phi) is 5.35. The maximum Gasteiger partial charge on any atom is 0.224 e. The molecule has 0 saturated carbocycles. The molecule has 1 aromatic carbocycles. The minimum atomic E-state index is 0.0890. The topological polar surface area (TPSA) is 66.9 Å². The van der Waals surface area contributed by atoms with Crippen molar-refractivity contribution in [1.82, 2.24) is 14.9 Å². The first kappa shape index (κ1) is 16.1. The van der Waals surface area contributed by atoms with Crippen molar-refractivity contribution in [3.8, 4) is 11.3 Å². The number of rotatable bonds is 5. The molecule has 3 rings (SSSR count). The predicted octanol–water partition coefficient (Wildman–Crippen LogP) is 3.17. The lowest BCUT2D eigenvalue weighted by Crippen LogP contribution is -2.34. The van der Waals surface area contributed by atoms with Crippen LogP contribution in [0.5, 0.6) is 0 Å². The Labute approximate surface area is 140 Å². The molecule has 1 fully saturated rings. The van der Waals surface area contributed by atoms with Crippen molar-refractivity contribution in [2.45, 2.75) is 26.2 Å². The third-order valence-corrected chi connectivity index (χ3v) is 4.98. The Balaban J connectivity index is 1.53. The summed E-state index contributed by atoms with van der Waals surface area (Å²) in [6.45, 7) is 4.32. The number of nitrogens with one attached hydrogen (secondary N) is 2. The van der Waals surface area contributed by atoms with Crippen molar-refractivity contribution in [3.05, 3.63) is 29.6 Å². The number of benzene rings is 1. The van der Waals surface area contributed by atoms with Gasteiger partial charge in [-0.1, -0.05) is 23.5 Å². The highest BCUT2D eigenvalue weighted by molar-refractivity contribution is 7.03. The van der Waals surface area contributed by atoms with E-state index in [4.69, 9.17) is 0 Å². The molecule has 0 spiro atoms. The van der Waals surface area contributed by atoms with Crippen LogP contribution in [-0.4, -0.2) is 28.6 Å². The number of carbonyl (C=O) groups is 1. The Morgan fingerprint density at radius 2 is 2.26 bits per heavy atom. The third-order valence-electron chi connectivity index (χ3n) is 4.47. The van der Waals surface area contributed by atoms with Gasteiger partial charge in [-0.25, -0.2) is 0 Å². The van der Waals surface area contributed by atoms with E-state index in [1.54, 1.807) is 0 Å². The molecule has 1 aromatic heterocycles. The third kappa shape index (κ3) is 4.36. The van der Waals surface area contributed by atoms with Gasteiger partial charge in [0.25, 0.3) is 0 Å². The molecule has 0 bridgehead atoms. The summed E-state index contributed by atoms with van der Waals surface area (Å²) in [5.74, 6) is 1.10. The smallest absolute Gasteiger partial charge is 0.224 e. The van der Waals surface area contributed by atoms with Crippen LogP contribution in [-0.2, 0) is 4.79 Å². The molecule has 0 unspecified atom stereocenters. The van der Waals surface area contributed by atoms with Gasteiger partial charge in [-0.15, -0.1) is 5.10 Å². The van der Waals surface area contributed by atoms with Crippen LogP contribution in [0.4, 0.5) is 5.69 Å². The molecule has 122 valence electrons. The molecule has 1 saturated heterocycles. The lowest BCUT2D eigenvalue weighted by Gasteiger charge is -2.28. The molecular weight excluding hydrogens is 308 g/mol. The van der Waals surface area contributed by atoms with Gasteiger partial charge in [0.1, 0.15) is 5.69 Å². The largest absolute Gasteiger partial charge is 0.326 e. The fraction of sp³-hybridized carbons (Fsp3) is 0.471. The maximum absolute atomic E-state index is 12.2. The minimum Gasteiger partial charge on any atom is -0.326 e. The van der Waals surface area contributed by atoms with Crippen molar-refractivity contribution in [3.63, 3.8) is 0 Å². The predicted molar refractivity (Wildman–Crippen MR) is 93.3 cm³/mol. The van der Waals surface area contributed by atoms with Gasteiger partial charge in [0.2, 0.25) is 5.91 Å². The zero-order valence-corrected chi connectivity index (χ0v) is 14.1. The quantitative estimate of drug-likeness (QED) is 0.884. The summed E-state index contributed by atoms with van der Waals surface area (Å²) in [5.41, 5.74) is 2.71. The van der Waals surface area contributed by atoms with E-state index in [0.29, 0.717) is 18.3 Å². The molecule has 23 heavy (non-hydrogen) atoms. The van der Waals surface area contributed by atoms with Crippen molar-refractivity contribution in [2.24, 2.45) is 11.8 Å². The van der Waals surface area contributed by atoms with Crippen molar-refractivity contribution < 1.29 is 4.79 Å². The zero-order valence-electron chi connectivity index (χ0n) is 13.3. The van der Waals surface area contributed by atoms with Crippen molar-refractivity contribution >= 4 is 23.1 Å². The second-order valence-electron chi connectivity index (χ2n) is 6.20. The molecule has 2 N–H and O–H groups in total. The second kappa shape index (κ2) is 7.66. The molecule has 0 radical (unpaired) electrons. The Morgan fingerprint density at radius 1 is 1.43 bits per heavy atom. The Hall–Kier alpha value is -1.79. The molecule has 2 aromatic rings. The Morgan fingerprint density at radius 3 is 2.91 bits per heavy atom. The van der Waals surface area contributed by atoms with Crippen LogP contribution < -0.4 is 10.6 Å². The highest BCUT2D eigenvalue weighted by atomic mass is 32.1. The van der Waals surface area contributed by atoms with Gasteiger partial charge in [0.15, 0.2) is 0 Å². The van der Waals surface area contributed by atoms with E-state index < -0.39 is 0 Å². The molecular formula is C17H22N4OS. The van der Waals surface area contributed by atoms with Gasteiger partial charge in [-0.2, -0.15) is 0 Å². The summed E-state index contributed by atoms with van der Waals surface area (Å²) in [4.78, 5) is 12.2. The normalized spacial score (nSPS) is 19.3. The average Bonchev–Trinajstić information content (AvgIpc) is 3.11. The number of amides is 1. The van der Waals surface area contributed by atoms with Gasteiger partial charge >= 0.3 is 0 Å². The first-order valence-electron chi connectivity index (χ1n) is 8.10. The van der Waals surface area contributed by atoms with E-state index in [9.17, 15) is 4.79 Å². The second-order valence-corrected chi connectivity index (χ2v) is 6.81. The highest BCUT2D eigenvalue weighted by Gasteiger charge is 2.22. The number of hydrogen-bond donors (Lipinski definition) is 2. The van der Waals surface area contributed by atoms with Gasteiger partial charge in [0.05, 0.1) is 0 Å². The van der Waals surface area contributed by atoms with E-state index in [1.165, 1.54) is 24.4 Å².